The van der Waals surface area contributed by atoms with E-state index in [1.165, 1.54) is 0 Å². The lowest BCUT2D eigenvalue weighted by Gasteiger charge is -2.29. The van der Waals surface area contributed by atoms with E-state index in [1.807, 2.05) is 25.7 Å². The summed E-state index contributed by atoms with van der Waals surface area (Å²) in [6.45, 7) is 8.87. The summed E-state index contributed by atoms with van der Waals surface area (Å²) >= 11 is 0. The van der Waals surface area contributed by atoms with Crippen molar-refractivity contribution in [2.45, 2.75) is 33.4 Å². The first-order valence-corrected chi connectivity index (χ1v) is 6.61. The van der Waals surface area contributed by atoms with Crippen molar-refractivity contribution >= 4 is 5.91 Å². The molecule has 19 heavy (non-hydrogen) atoms. The average molecular weight is 267 g/mol. The Labute approximate surface area is 113 Å². The van der Waals surface area contributed by atoms with Crippen molar-refractivity contribution in [3.8, 4) is 0 Å². The zero-order valence-electron chi connectivity index (χ0n) is 11.7. The Balaban J connectivity index is 1.87. The van der Waals surface area contributed by atoms with Crippen LogP contribution in [0.15, 0.2) is 4.52 Å². The van der Waals surface area contributed by atoms with E-state index in [0.29, 0.717) is 32.8 Å². The molecule has 0 bridgehead atoms. The lowest BCUT2D eigenvalue weighted by atomic mass is 10.2. The predicted molar refractivity (Wildman–Crippen MR) is 69.7 cm³/mol. The first-order chi connectivity index (χ1) is 9.09. The van der Waals surface area contributed by atoms with Crippen molar-refractivity contribution in [2.75, 3.05) is 26.3 Å². The van der Waals surface area contributed by atoms with Gasteiger partial charge in [0.15, 0.2) is 0 Å². The van der Waals surface area contributed by atoms with Gasteiger partial charge in [0.05, 0.1) is 24.9 Å². The van der Waals surface area contributed by atoms with E-state index in [9.17, 15) is 4.79 Å². The number of aromatic nitrogens is 1. The van der Waals surface area contributed by atoms with Crippen molar-refractivity contribution in [3.63, 3.8) is 0 Å². The zero-order chi connectivity index (χ0) is 13.8. The Morgan fingerprint density at radius 2 is 2.11 bits per heavy atom. The fourth-order valence-electron chi connectivity index (χ4n) is 2.15. The van der Waals surface area contributed by atoms with Gasteiger partial charge in [0.2, 0.25) is 5.91 Å². The maximum Gasteiger partial charge on any atom is 0.239 e. The van der Waals surface area contributed by atoms with Gasteiger partial charge in [-0.05, 0) is 20.8 Å². The average Bonchev–Trinajstić information content (AvgIpc) is 2.75. The summed E-state index contributed by atoms with van der Waals surface area (Å²) in [5.74, 6) is 0.922. The molecule has 1 amide bonds. The first kappa shape index (κ1) is 14.0. The van der Waals surface area contributed by atoms with Crippen molar-refractivity contribution in [1.29, 1.82) is 0 Å². The standard InChI is InChI=1S/C13H21N3O3/c1-9-12(11(3)19-15-9)8-14-10(2)13(17)16-4-6-18-7-5-16/h10,14H,4-8H2,1-3H3. The Kier molecular flexibility index (Phi) is 4.55. The summed E-state index contributed by atoms with van der Waals surface area (Å²) in [6.07, 6.45) is 0. The smallest absolute Gasteiger partial charge is 0.239 e. The Hall–Kier alpha value is -1.40. The number of carbonyl (C=O) groups excluding carboxylic acids is 1. The minimum absolute atomic E-state index is 0.120. The van der Waals surface area contributed by atoms with E-state index >= 15 is 0 Å². The quantitative estimate of drug-likeness (QED) is 0.866. The van der Waals surface area contributed by atoms with E-state index < -0.39 is 0 Å². The van der Waals surface area contributed by atoms with E-state index in [0.717, 1.165) is 17.0 Å². The fourth-order valence-corrected chi connectivity index (χ4v) is 2.15. The Bertz CT molecular complexity index is 419. The van der Waals surface area contributed by atoms with Crippen molar-refractivity contribution in [1.82, 2.24) is 15.4 Å². The van der Waals surface area contributed by atoms with E-state index in [2.05, 4.69) is 10.5 Å². The number of carbonyl (C=O) groups is 1. The van der Waals surface area contributed by atoms with Crippen LogP contribution in [0.2, 0.25) is 0 Å². The van der Waals surface area contributed by atoms with Gasteiger partial charge >= 0.3 is 0 Å². The number of amides is 1. The second-order valence-electron chi connectivity index (χ2n) is 4.84. The minimum Gasteiger partial charge on any atom is -0.378 e. The molecule has 0 radical (unpaired) electrons. The molecule has 0 aliphatic carbocycles. The molecule has 1 unspecified atom stereocenters. The van der Waals surface area contributed by atoms with Gasteiger partial charge in [-0.1, -0.05) is 5.16 Å². The number of nitrogens with one attached hydrogen (secondary N) is 1. The second-order valence-corrected chi connectivity index (χ2v) is 4.84. The lowest BCUT2D eigenvalue weighted by molar-refractivity contribution is -0.137. The normalized spacial score (nSPS) is 17.5. The van der Waals surface area contributed by atoms with Crippen LogP contribution >= 0.6 is 0 Å². The Morgan fingerprint density at radius 1 is 1.42 bits per heavy atom. The third-order valence-electron chi connectivity index (χ3n) is 3.46. The molecule has 1 fully saturated rings. The molecule has 6 nitrogen and oxygen atoms in total. The van der Waals surface area contributed by atoms with Gasteiger partial charge < -0.3 is 19.5 Å². The van der Waals surface area contributed by atoms with Gasteiger partial charge in [0.1, 0.15) is 5.76 Å². The van der Waals surface area contributed by atoms with Crippen molar-refractivity contribution in [3.05, 3.63) is 17.0 Å². The maximum absolute atomic E-state index is 12.2. The number of rotatable bonds is 4. The molecule has 1 saturated heterocycles. The van der Waals surface area contributed by atoms with Gasteiger partial charge in [-0.15, -0.1) is 0 Å². The molecule has 1 atom stereocenters. The molecule has 6 heteroatoms. The van der Waals surface area contributed by atoms with Crippen LogP contribution in [0.5, 0.6) is 0 Å². The predicted octanol–water partition coefficient (Wildman–Crippen LogP) is 0.628. The van der Waals surface area contributed by atoms with Gasteiger partial charge in [0, 0.05) is 25.2 Å². The first-order valence-electron chi connectivity index (χ1n) is 6.61. The molecular formula is C13H21N3O3. The van der Waals surface area contributed by atoms with Crippen LogP contribution < -0.4 is 5.32 Å². The van der Waals surface area contributed by atoms with Crippen molar-refractivity contribution in [2.24, 2.45) is 0 Å². The highest BCUT2D eigenvalue weighted by atomic mass is 16.5. The van der Waals surface area contributed by atoms with E-state index in [1.54, 1.807) is 0 Å². The summed E-state index contributed by atoms with van der Waals surface area (Å²) in [4.78, 5) is 14.0. The SMILES string of the molecule is Cc1noc(C)c1CNC(C)C(=O)N1CCOCC1. The zero-order valence-corrected chi connectivity index (χ0v) is 11.7. The molecule has 1 aliphatic heterocycles. The molecular weight excluding hydrogens is 246 g/mol. The van der Waals surface area contributed by atoms with Crippen LogP contribution in [0.3, 0.4) is 0 Å². The van der Waals surface area contributed by atoms with Crippen LogP contribution in [0.1, 0.15) is 23.9 Å². The molecule has 1 N–H and O–H groups in total. The molecule has 1 aliphatic rings. The largest absolute Gasteiger partial charge is 0.378 e. The molecule has 1 aromatic rings. The maximum atomic E-state index is 12.2. The molecule has 0 saturated carbocycles. The second kappa shape index (κ2) is 6.16. The molecule has 106 valence electrons. The van der Waals surface area contributed by atoms with Crippen LogP contribution in [0, 0.1) is 13.8 Å². The Morgan fingerprint density at radius 3 is 2.68 bits per heavy atom. The summed E-state index contributed by atoms with van der Waals surface area (Å²) in [5.41, 5.74) is 1.90. The van der Waals surface area contributed by atoms with Crippen LogP contribution in [-0.4, -0.2) is 48.3 Å². The van der Waals surface area contributed by atoms with Crippen molar-refractivity contribution < 1.29 is 14.1 Å². The van der Waals surface area contributed by atoms with Gasteiger partial charge in [-0.25, -0.2) is 0 Å². The highest BCUT2D eigenvalue weighted by molar-refractivity contribution is 5.81. The van der Waals surface area contributed by atoms with Crippen LogP contribution in [0.4, 0.5) is 0 Å². The number of ether oxygens (including phenoxy) is 1. The monoisotopic (exact) mass is 267 g/mol. The third-order valence-corrected chi connectivity index (χ3v) is 3.46. The summed E-state index contributed by atoms with van der Waals surface area (Å²) in [5, 5.41) is 7.13. The highest BCUT2D eigenvalue weighted by Gasteiger charge is 2.22. The number of aryl methyl sites for hydroxylation is 2. The molecule has 1 aromatic heterocycles. The summed E-state index contributed by atoms with van der Waals surface area (Å²) < 4.78 is 10.3. The minimum atomic E-state index is -0.216. The summed E-state index contributed by atoms with van der Waals surface area (Å²) in [7, 11) is 0. The molecule has 0 spiro atoms. The van der Waals surface area contributed by atoms with Gasteiger partial charge in [-0.3, -0.25) is 4.79 Å². The number of hydrogen-bond acceptors (Lipinski definition) is 5. The van der Waals surface area contributed by atoms with Gasteiger partial charge in [-0.2, -0.15) is 0 Å². The van der Waals surface area contributed by atoms with E-state index in [-0.39, 0.29) is 11.9 Å². The molecule has 2 heterocycles. The lowest BCUT2D eigenvalue weighted by Crippen LogP contribution is -2.49. The number of morpholine rings is 1. The summed E-state index contributed by atoms with van der Waals surface area (Å²) in [6, 6.07) is -0.216. The molecule has 0 aromatic carbocycles. The highest BCUT2D eigenvalue weighted by Crippen LogP contribution is 2.12. The van der Waals surface area contributed by atoms with Crippen LogP contribution in [-0.2, 0) is 16.1 Å². The fraction of sp³-hybridized carbons (Fsp3) is 0.692. The number of nitrogens with zero attached hydrogens (tertiary/aromatic N) is 2. The van der Waals surface area contributed by atoms with Crippen LogP contribution in [0.25, 0.3) is 0 Å². The van der Waals surface area contributed by atoms with Gasteiger partial charge in [0.25, 0.3) is 0 Å². The van der Waals surface area contributed by atoms with E-state index in [4.69, 9.17) is 9.26 Å². The third kappa shape index (κ3) is 3.33. The molecule has 2 rings (SSSR count). The number of hydrogen-bond donors (Lipinski definition) is 1. The topological polar surface area (TPSA) is 67.6 Å².